The number of hydrogen-bond donors (Lipinski definition) is 1. The third-order valence-corrected chi connectivity index (χ3v) is 4.56. The highest BCUT2D eigenvalue weighted by molar-refractivity contribution is 5.90. The van der Waals surface area contributed by atoms with Crippen LogP contribution in [0.4, 0.5) is 10.5 Å². The fraction of sp³-hybridized carbons (Fsp3) is 0.474. The number of urea groups is 1. The summed E-state index contributed by atoms with van der Waals surface area (Å²) in [6, 6.07) is 8.02. The molecule has 3 rings (SSSR count). The third-order valence-electron chi connectivity index (χ3n) is 4.56. The molecule has 0 spiro atoms. The number of carbonyl (C=O) groups excluding carboxylic acids is 1. The molecular weight excluding hydrogens is 302 g/mol. The molecule has 0 aliphatic carbocycles. The maximum absolute atomic E-state index is 12.8. The number of nitrogens with zero attached hydrogens (tertiary/aromatic N) is 2. The molecule has 1 aromatic heterocycles. The number of anilines is 1. The van der Waals surface area contributed by atoms with Crippen LogP contribution >= 0.6 is 0 Å². The number of aromatic nitrogens is 1. The lowest BCUT2D eigenvalue weighted by Crippen LogP contribution is -2.34. The number of likely N-dealkylation sites (tertiary alicyclic amines) is 1. The van der Waals surface area contributed by atoms with Crippen LogP contribution in [0, 0.1) is 13.8 Å². The summed E-state index contributed by atoms with van der Waals surface area (Å²) in [6.07, 6.45) is 3.82. The standard InChI is InChI=1S/C19H25N3O2/c1-4-6-15-12-17(21-24-15)18-7-5-10-22(18)19(23)20-16-11-13(2)8-9-14(16)3/h8-9,11-12,18H,4-7,10H2,1-3H3,(H,20,23)/t18-/m0/s1. The van der Waals surface area contributed by atoms with Crippen LogP contribution in [-0.4, -0.2) is 22.6 Å². The van der Waals surface area contributed by atoms with Gasteiger partial charge in [-0.25, -0.2) is 4.79 Å². The van der Waals surface area contributed by atoms with Crippen LogP contribution in [0.5, 0.6) is 0 Å². The number of rotatable bonds is 4. The van der Waals surface area contributed by atoms with Crippen LogP contribution in [0.2, 0.25) is 0 Å². The van der Waals surface area contributed by atoms with E-state index in [1.807, 2.05) is 43.0 Å². The summed E-state index contributed by atoms with van der Waals surface area (Å²) in [6.45, 7) is 6.89. The van der Waals surface area contributed by atoms with Crippen molar-refractivity contribution in [1.82, 2.24) is 10.1 Å². The molecule has 5 nitrogen and oxygen atoms in total. The fourth-order valence-electron chi connectivity index (χ4n) is 3.23. The van der Waals surface area contributed by atoms with Gasteiger partial charge >= 0.3 is 6.03 Å². The van der Waals surface area contributed by atoms with E-state index in [0.29, 0.717) is 0 Å². The highest BCUT2D eigenvalue weighted by atomic mass is 16.5. The molecule has 1 saturated heterocycles. The van der Waals surface area contributed by atoms with Gasteiger partial charge in [0.1, 0.15) is 11.5 Å². The minimum Gasteiger partial charge on any atom is -0.361 e. The summed E-state index contributed by atoms with van der Waals surface area (Å²) in [5, 5.41) is 7.24. The first kappa shape index (κ1) is 16.6. The van der Waals surface area contributed by atoms with Crippen LogP contribution in [-0.2, 0) is 6.42 Å². The highest BCUT2D eigenvalue weighted by Crippen LogP contribution is 2.32. The van der Waals surface area contributed by atoms with E-state index in [0.717, 1.165) is 60.5 Å². The number of benzene rings is 1. The van der Waals surface area contributed by atoms with Crippen LogP contribution in [0.3, 0.4) is 0 Å². The molecule has 2 amide bonds. The maximum Gasteiger partial charge on any atom is 0.322 e. The molecule has 0 unspecified atom stereocenters. The Morgan fingerprint density at radius 2 is 2.21 bits per heavy atom. The maximum atomic E-state index is 12.8. The van der Waals surface area contributed by atoms with Crippen LogP contribution in [0.25, 0.3) is 0 Å². The summed E-state index contributed by atoms with van der Waals surface area (Å²) in [4.78, 5) is 14.6. The SMILES string of the molecule is CCCc1cc([C@@H]2CCCN2C(=O)Nc2cc(C)ccc2C)no1. The zero-order chi connectivity index (χ0) is 17.1. The lowest BCUT2D eigenvalue weighted by atomic mass is 10.1. The number of carbonyl (C=O) groups is 1. The zero-order valence-corrected chi connectivity index (χ0v) is 14.6. The average Bonchev–Trinajstić information content (AvgIpc) is 3.20. The average molecular weight is 327 g/mol. The number of aryl methyl sites for hydroxylation is 3. The number of nitrogens with one attached hydrogen (secondary N) is 1. The van der Waals surface area contributed by atoms with Crippen LogP contribution in [0.1, 0.15) is 54.8 Å². The fourth-order valence-corrected chi connectivity index (χ4v) is 3.23. The molecule has 1 aliphatic heterocycles. The van der Waals surface area contributed by atoms with E-state index in [2.05, 4.69) is 17.4 Å². The molecule has 0 radical (unpaired) electrons. The molecule has 1 fully saturated rings. The predicted molar refractivity (Wildman–Crippen MR) is 94.1 cm³/mol. The topological polar surface area (TPSA) is 58.4 Å². The van der Waals surface area contributed by atoms with Gasteiger partial charge in [-0.1, -0.05) is 24.2 Å². The summed E-state index contributed by atoms with van der Waals surface area (Å²) < 4.78 is 5.39. The van der Waals surface area contributed by atoms with Gasteiger partial charge in [0, 0.05) is 24.7 Å². The summed E-state index contributed by atoms with van der Waals surface area (Å²) in [7, 11) is 0. The van der Waals surface area contributed by atoms with Crippen molar-refractivity contribution in [3.8, 4) is 0 Å². The lowest BCUT2D eigenvalue weighted by Gasteiger charge is -2.24. The molecule has 1 N–H and O–H groups in total. The Hall–Kier alpha value is -2.30. The van der Waals surface area contributed by atoms with Crippen molar-refractivity contribution in [2.75, 3.05) is 11.9 Å². The molecule has 128 valence electrons. The third kappa shape index (κ3) is 3.45. The first-order valence-corrected chi connectivity index (χ1v) is 8.69. The first-order valence-electron chi connectivity index (χ1n) is 8.69. The molecule has 0 saturated carbocycles. The van der Waals surface area contributed by atoms with E-state index in [9.17, 15) is 4.79 Å². The Morgan fingerprint density at radius 1 is 1.38 bits per heavy atom. The van der Waals surface area contributed by atoms with E-state index >= 15 is 0 Å². The second-order valence-corrected chi connectivity index (χ2v) is 6.57. The summed E-state index contributed by atoms with van der Waals surface area (Å²) >= 11 is 0. The van der Waals surface area contributed by atoms with Gasteiger partial charge in [-0.2, -0.15) is 0 Å². The smallest absolute Gasteiger partial charge is 0.322 e. The highest BCUT2D eigenvalue weighted by Gasteiger charge is 2.32. The minimum absolute atomic E-state index is 0.00414. The van der Waals surface area contributed by atoms with E-state index in [1.54, 1.807) is 0 Å². The van der Waals surface area contributed by atoms with Gasteiger partial charge in [-0.15, -0.1) is 0 Å². The Balaban J connectivity index is 1.74. The van der Waals surface area contributed by atoms with Crippen molar-refractivity contribution >= 4 is 11.7 Å². The normalized spacial score (nSPS) is 17.3. The van der Waals surface area contributed by atoms with Crippen LogP contribution in [0.15, 0.2) is 28.8 Å². The van der Waals surface area contributed by atoms with Gasteiger partial charge in [-0.3, -0.25) is 0 Å². The Labute approximate surface area is 143 Å². The Morgan fingerprint density at radius 3 is 3.00 bits per heavy atom. The van der Waals surface area contributed by atoms with Crippen molar-refractivity contribution in [3.05, 3.63) is 46.8 Å². The van der Waals surface area contributed by atoms with Crippen molar-refractivity contribution < 1.29 is 9.32 Å². The molecule has 1 atom stereocenters. The first-order chi connectivity index (χ1) is 11.6. The molecule has 5 heteroatoms. The van der Waals surface area contributed by atoms with Crippen molar-refractivity contribution in [2.45, 2.75) is 52.5 Å². The van der Waals surface area contributed by atoms with Crippen molar-refractivity contribution in [1.29, 1.82) is 0 Å². The van der Waals surface area contributed by atoms with Crippen molar-refractivity contribution in [3.63, 3.8) is 0 Å². The van der Waals surface area contributed by atoms with Gasteiger partial charge in [0.2, 0.25) is 0 Å². The minimum atomic E-state index is -0.0637. The zero-order valence-electron chi connectivity index (χ0n) is 14.6. The molecule has 2 aromatic rings. The van der Waals surface area contributed by atoms with Gasteiger partial charge < -0.3 is 14.7 Å². The van der Waals surface area contributed by atoms with E-state index in [-0.39, 0.29) is 12.1 Å². The number of amides is 2. The largest absolute Gasteiger partial charge is 0.361 e. The monoisotopic (exact) mass is 327 g/mol. The van der Waals surface area contributed by atoms with Gasteiger partial charge in [0.05, 0.1) is 6.04 Å². The Bertz CT molecular complexity index is 723. The summed E-state index contributed by atoms with van der Waals surface area (Å²) in [5.74, 6) is 0.897. The molecule has 1 aliphatic rings. The summed E-state index contributed by atoms with van der Waals surface area (Å²) in [5.41, 5.74) is 3.94. The molecule has 2 heterocycles. The Kier molecular flexibility index (Phi) is 4.88. The second-order valence-electron chi connectivity index (χ2n) is 6.57. The van der Waals surface area contributed by atoms with Crippen molar-refractivity contribution in [2.24, 2.45) is 0 Å². The predicted octanol–water partition coefficient (Wildman–Crippen LogP) is 4.61. The van der Waals surface area contributed by atoms with E-state index in [4.69, 9.17) is 4.52 Å². The lowest BCUT2D eigenvalue weighted by molar-refractivity contribution is 0.204. The molecule has 0 bridgehead atoms. The van der Waals surface area contributed by atoms with Crippen LogP contribution < -0.4 is 5.32 Å². The number of hydrogen-bond acceptors (Lipinski definition) is 3. The molecule has 24 heavy (non-hydrogen) atoms. The van der Waals surface area contributed by atoms with Gasteiger partial charge in [-0.05, 0) is 50.3 Å². The molecular formula is C19H25N3O2. The quantitative estimate of drug-likeness (QED) is 0.892. The van der Waals surface area contributed by atoms with Gasteiger partial charge in [0.15, 0.2) is 0 Å². The second kappa shape index (κ2) is 7.07. The van der Waals surface area contributed by atoms with E-state index in [1.165, 1.54) is 0 Å². The van der Waals surface area contributed by atoms with E-state index < -0.39 is 0 Å². The van der Waals surface area contributed by atoms with Gasteiger partial charge in [0.25, 0.3) is 0 Å². The molecule has 1 aromatic carbocycles.